The number of amides is 1. The molecule has 0 aromatic carbocycles. The van der Waals surface area contributed by atoms with Crippen LogP contribution in [0, 0.1) is 0 Å². The van der Waals surface area contributed by atoms with Gasteiger partial charge in [0.2, 0.25) is 5.91 Å². The zero-order valence-corrected chi connectivity index (χ0v) is 8.49. The van der Waals surface area contributed by atoms with E-state index in [0.29, 0.717) is 11.5 Å². The fourth-order valence-corrected chi connectivity index (χ4v) is 0.933. The van der Waals surface area contributed by atoms with Gasteiger partial charge < -0.3 is 5.32 Å². The number of hydrogen-bond acceptors (Lipinski definition) is 2. The van der Waals surface area contributed by atoms with Crippen molar-refractivity contribution in [1.82, 2.24) is 15.8 Å². The average Bonchev–Trinajstić information content (AvgIpc) is 2.03. The molecule has 1 amide bonds. The van der Waals surface area contributed by atoms with Crippen molar-refractivity contribution in [2.45, 2.75) is 20.3 Å². The zero-order valence-electron chi connectivity index (χ0n) is 7.68. The smallest absolute Gasteiger partial charge is 0.240 e. The lowest BCUT2D eigenvalue weighted by Crippen LogP contribution is -2.47. The molecule has 0 aromatic rings. The van der Waals surface area contributed by atoms with Crippen molar-refractivity contribution < 1.29 is 4.79 Å². The van der Waals surface area contributed by atoms with E-state index in [-0.39, 0.29) is 5.91 Å². The largest absolute Gasteiger partial charge is 0.362 e. The molecule has 0 radical (unpaired) electrons. The molecule has 0 aliphatic carbocycles. The van der Waals surface area contributed by atoms with Crippen molar-refractivity contribution >= 4 is 23.2 Å². The quantitative estimate of drug-likeness (QED) is 0.483. The van der Waals surface area contributed by atoms with Gasteiger partial charge in [0.15, 0.2) is 5.11 Å². The van der Waals surface area contributed by atoms with Crippen molar-refractivity contribution in [2.24, 2.45) is 0 Å². The van der Waals surface area contributed by atoms with Crippen molar-refractivity contribution in [3.8, 4) is 0 Å². The Balaban J connectivity index is 3.75. The van der Waals surface area contributed by atoms with Crippen LogP contribution in [0.15, 0.2) is 0 Å². The summed E-state index contributed by atoms with van der Waals surface area (Å²) in [5.74, 6) is 0.00949. The maximum absolute atomic E-state index is 11.0. The van der Waals surface area contributed by atoms with E-state index in [0.717, 1.165) is 6.54 Å². The minimum Gasteiger partial charge on any atom is -0.362 e. The highest BCUT2D eigenvalue weighted by atomic mass is 32.1. The number of carbonyl (C=O) groups excluding carboxylic acids is 1. The third-order valence-corrected chi connectivity index (χ3v) is 1.52. The number of nitrogens with one attached hydrogen (secondary N) is 2. The summed E-state index contributed by atoms with van der Waals surface area (Å²) in [6, 6.07) is 0. The summed E-state index contributed by atoms with van der Waals surface area (Å²) in [5, 5.41) is 4.74. The van der Waals surface area contributed by atoms with Crippen LogP contribution >= 0.6 is 12.2 Å². The van der Waals surface area contributed by atoms with E-state index in [1.165, 1.54) is 5.01 Å². The maximum atomic E-state index is 11.0. The third kappa shape index (κ3) is 4.12. The molecule has 0 heterocycles. The van der Waals surface area contributed by atoms with Gasteiger partial charge >= 0.3 is 0 Å². The second-order valence-electron chi connectivity index (χ2n) is 2.28. The highest BCUT2D eigenvalue weighted by Crippen LogP contribution is 1.84. The molecule has 0 aliphatic rings. The van der Waals surface area contributed by atoms with Gasteiger partial charge in [-0.05, 0) is 19.1 Å². The predicted molar refractivity (Wildman–Crippen MR) is 52.5 cm³/mol. The molecule has 0 atom stereocenters. The van der Waals surface area contributed by atoms with Gasteiger partial charge in [-0.2, -0.15) is 0 Å². The van der Waals surface area contributed by atoms with Gasteiger partial charge in [-0.25, -0.2) is 0 Å². The molecule has 12 heavy (non-hydrogen) atoms. The molecule has 0 bridgehead atoms. The van der Waals surface area contributed by atoms with Gasteiger partial charge in [-0.15, -0.1) is 0 Å². The Bertz CT molecular complexity index is 172. The standard InChI is InChI=1S/C7H15N3OS/c1-4-6(11)10(3)9-7(12)8-5-2/h4-5H2,1-3H3,(H2,8,9,12). The molecule has 0 aromatic heterocycles. The lowest BCUT2D eigenvalue weighted by atomic mass is 10.4. The second kappa shape index (κ2) is 5.77. The monoisotopic (exact) mass is 189 g/mol. The SMILES string of the molecule is CCNC(=S)NN(C)C(=O)CC. The molecule has 0 saturated carbocycles. The van der Waals surface area contributed by atoms with Gasteiger partial charge in [-0.3, -0.25) is 15.2 Å². The molecule has 5 heteroatoms. The van der Waals surface area contributed by atoms with Crippen LogP contribution in [0.2, 0.25) is 0 Å². The molecular formula is C7H15N3OS. The average molecular weight is 189 g/mol. The summed E-state index contributed by atoms with van der Waals surface area (Å²) in [6.45, 7) is 4.49. The van der Waals surface area contributed by atoms with Gasteiger partial charge in [0.25, 0.3) is 0 Å². The summed E-state index contributed by atoms with van der Waals surface area (Å²) in [4.78, 5) is 11.0. The van der Waals surface area contributed by atoms with Crippen LogP contribution < -0.4 is 10.7 Å². The van der Waals surface area contributed by atoms with E-state index in [1.54, 1.807) is 14.0 Å². The fourth-order valence-electron chi connectivity index (χ4n) is 0.652. The number of thiocarbonyl (C=S) groups is 1. The van der Waals surface area contributed by atoms with Crippen LogP contribution in [0.5, 0.6) is 0 Å². The highest BCUT2D eigenvalue weighted by molar-refractivity contribution is 7.80. The zero-order chi connectivity index (χ0) is 9.56. The van der Waals surface area contributed by atoms with E-state index < -0.39 is 0 Å². The Hall–Kier alpha value is -0.840. The minimum atomic E-state index is 0.00949. The summed E-state index contributed by atoms with van der Waals surface area (Å²) in [5.41, 5.74) is 2.74. The topological polar surface area (TPSA) is 44.4 Å². The Labute approximate surface area is 78.3 Å². The molecule has 2 N–H and O–H groups in total. The Morgan fingerprint density at radius 1 is 1.50 bits per heavy atom. The molecule has 70 valence electrons. The van der Waals surface area contributed by atoms with Crippen molar-refractivity contribution in [1.29, 1.82) is 0 Å². The van der Waals surface area contributed by atoms with E-state index in [9.17, 15) is 4.79 Å². The Kier molecular flexibility index (Phi) is 5.36. The Morgan fingerprint density at radius 3 is 2.50 bits per heavy atom. The normalized spacial score (nSPS) is 8.92. The molecule has 4 nitrogen and oxygen atoms in total. The molecule has 0 aliphatic heterocycles. The first-order chi connectivity index (χ1) is 5.61. The number of hydrogen-bond donors (Lipinski definition) is 2. The third-order valence-electron chi connectivity index (χ3n) is 1.28. The lowest BCUT2D eigenvalue weighted by Gasteiger charge is -2.19. The number of hydrazine groups is 1. The van der Waals surface area contributed by atoms with Gasteiger partial charge in [0, 0.05) is 20.0 Å². The summed E-state index contributed by atoms with van der Waals surface area (Å²) >= 11 is 4.88. The van der Waals surface area contributed by atoms with E-state index in [1.807, 2.05) is 6.92 Å². The number of carbonyl (C=O) groups is 1. The number of rotatable bonds is 2. The van der Waals surface area contributed by atoms with Crippen LogP contribution in [0.3, 0.4) is 0 Å². The molecule has 0 saturated heterocycles. The van der Waals surface area contributed by atoms with Crippen LogP contribution in [0.25, 0.3) is 0 Å². The minimum absolute atomic E-state index is 0.00949. The van der Waals surface area contributed by atoms with Crippen molar-refractivity contribution in [2.75, 3.05) is 13.6 Å². The first-order valence-electron chi connectivity index (χ1n) is 3.92. The summed E-state index contributed by atoms with van der Waals surface area (Å²) in [6.07, 6.45) is 0.470. The summed E-state index contributed by atoms with van der Waals surface area (Å²) < 4.78 is 0. The second-order valence-corrected chi connectivity index (χ2v) is 2.69. The summed E-state index contributed by atoms with van der Waals surface area (Å²) in [7, 11) is 1.65. The van der Waals surface area contributed by atoms with Crippen LogP contribution in [-0.2, 0) is 4.79 Å². The van der Waals surface area contributed by atoms with E-state index in [2.05, 4.69) is 10.7 Å². The van der Waals surface area contributed by atoms with Crippen LogP contribution in [0.4, 0.5) is 0 Å². The molecule has 0 spiro atoms. The molecule has 0 fully saturated rings. The van der Waals surface area contributed by atoms with Crippen LogP contribution in [0.1, 0.15) is 20.3 Å². The first kappa shape index (κ1) is 11.2. The van der Waals surface area contributed by atoms with Gasteiger partial charge in [-0.1, -0.05) is 6.92 Å². The van der Waals surface area contributed by atoms with E-state index >= 15 is 0 Å². The lowest BCUT2D eigenvalue weighted by molar-refractivity contribution is -0.131. The predicted octanol–water partition coefficient (Wildman–Crippen LogP) is 0.254. The van der Waals surface area contributed by atoms with Gasteiger partial charge in [0.1, 0.15) is 0 Å². The molecular weight excluding hydrogens is 174 g/mol. The van der Waals surface area contributed by atoms with Crippen molar-refractivity contribution in [3.05, 3.63) is 0 Å². The number of nitrogens with zero attached hydrogens (tertiary/aromatic N) is 1. The fraction of sp³-hybridized carbons (Fsp3) is 0.714. The van der Waals surface area contributed by atoms with E-state index in [4.69, 9.17) is 12.2 Å². The molecule has 0 unspecified atom stereocenters. The molecule has 0 rings (SSSR count). The first-order valence-corrected chi connectivity index (χ1v) is 4.33. The Morgan fingerprint density at radius 2 is 2.08 bits per heavy atom. The van der Waals surface area contributed by atoms with Crippen LogP contribution in [-0.4, -0.2) is 29.6 Å². The maximum Gasteiger partial charge on any atom is 0.240 e. The van der Waals surface area contributed by atoms with Crippen molar-refractivity contribution in [3.63, 3.8) is 0 Å². The highest BCUT2D eigenvalue weighted by Gasteiger charge is 2.05. The van der Waals surface area contributed by atoms with Gasteiger partial charge in [0.05, 0.1) is 0 Å².